The molecule has 158 valence electrons. The number of anilines is 1. The largest absolute Gasteiger partial charge is 0.464 e. The van der Waals surface area contributed by atoms with E-state index in [2.05, 4.69) is 5.32 Å². The average Bonchev–Trinajstić information content (AvgIpc) is 3.32. The van der Waals surface area contributed by atoms with Crippen molar-refractivity contribution in [3.8, 4) is 11.3 Å². The summed E-state index contributed by atoms with van der Waals surface area (Å²) in [5, 5.41) is 4.17. The number of thiophene rings is 1. The molecule has 3 aromatic heterocycles. The van der Waals surface area contributed by atoms with Crippen molar-refractivity contribution in [3.63, 3.8) is 0 Å². The van der Waals surface area contributed by atoms with E-state index in [1.165, 1.54) is 6.26 Å². The Morgan fingerprint density at radius 1 is 1.27 bits per heavy atom. The smallest absolute Gasteiger partial charge is 0.417 e. The van der Waals surface area contributed by atoms with Crippen LogP contribution in [0.1, 0.15) is 22.8 Å². The predicted octanol–water partition coefficient (Wildman–Crippen LogP) is 4.00. The highest BCUT2D eigenvalue weighted by molar-refractivity contribution is 7.15. The molecule has 0 aromatic carbocycles. The number of nitrogens with zero attached hydrogens (tertiary/aromatic N) is 1. The van der Waals surface area contributed by atoms with Crippen molar-refractivity contribution >= 4 is 28.2 Å². The minimum atomic E-state index is -4.66. The molecular formula is C19H15F3N2O5S. The van der Waals surface area contributed by atoms with Gasteiger partial charge in [-0.15, -0.1) is 11.3 Å². The van der Waals surface area contributed by atoms with Gasteiger partial charge in [0.05, 0.1) is 18.4 Å². The Labute approximate surface area is 171 Å². The zero-order chi connectivity index (χ0) is 21.9. The van der Waals surface area contributed by atoms with Crippen molar-refractivity contribution in [2.45, 2.75) is 19.6 Å². The van der Waals surface area contributed by atoms with Gasteiger partial charge in [-0.1, -0.05) is 0 Å². The number of nitrogens with one attached hydrogen (secondary N) is 1. The Balaban J connectivity index is 1.87. The molecular weight excluding hydrogens is 425 g/mol. The van der Waals surface area contributed by atoms with Crippen LogP contribution in [-0.4, -0.2) is 23.1 Å². The van der Waals surface area contributed by atoms with Crippen molar-refractivity contribution in [2.24, 2.45) is 0 Å². The number of rotatable bonds is 6. The lowest BCUT2D eigenvalue weighted by molar-refractivity contribution is -0.138. The molecule has 3 aromatic rings. The third kappa shape index (κ3) is 4.62. The summed E-state index contributed by atoms with van der Waals surface area (Å²) in [6.45, 7) is 1.05. The van der Waals surface area contributed by atoms with Gasteiger partial charge in [0.1, 0.15) is 22.9 Å². The SMILES string of the molecule is CCOC(=O)c1c(-c2ccco2)csc1NC(=O)Cn1cc(C(F)(F)F)ccc1=O. The van der Waals surface area contributed by atoms with Crippen molar-refractivity contribution in [1.82, 2.24) is 4.57 Å². The summed E-state index contributed by atoms with van der Waals surface area (Å²) in [5.74, 6) is -1.10. The maximum Gasteiger partial charge on any atom is 0.417 e. The molecule has 0 spiro atoms. The fourth-order valence-electron chi connectivity index (χ4n) is 2.61. The number of ether oxygens (including phenoxy) is 1. The first-order valence-corrected chi connectivity index (χ1v) is 9.48. The lowest BCUT2D eigenvalue weighted by atomic mass is 10.1. The highest BCUT2D eigenvalue weighted by Gasteiger charge is 2.31. The van der Waals surface area contributed by atoms with Crippen LogP contribution in [-0.2, 0) is 22.3 Å². The van der Waals surface area contributed by atoms with Crippen LogP contribution in [0.5, 0.6) is 0 Å². The first-order valence-electron chi connectivity index (χ1n) is 8.60. The Morgan fingerprint density at radius 2 is 2.03 bits per heavy atom. The molecule has 0 unspecified atom stereocenters. The number of amides is 1. The molecule has 0 bridgehead atoms. The van der Waals surface area contributed by atoms with E-state index < -0.39 is 35.7 Å². The topological polar surface area (TPSA) is 90.5 Å². The Hall–Kier alpha value is -3.34. The standard InChI is InChI=1S/C19H15F3N2O5S/c1-2-28-18(27)16-12(13-4-3-7-29-13)10-30-17(16)23-14(25)9-24-8-11(19(20,21)22)5-6-15(24)26/h3-8,10H,2,9H2,1H3,(H,23,25). The molecule has 0 aliphatic rings. The summed E-state index contributed by atoms with van der Waals surface area (Å²) in [5.41, 5.74) is -1.37. The predicted molar refractivity (Wildman–Crippen MR) is 102 cm³/mol. The van der Waals surface area contributed by atoms with Gasteiger partial charge in [-0.2, -0.15) is 13.2 Å². The fourth-order valence-corrected chi connectivity index (χ4v) is 3.57. The summed E-state index contributed by atoms with van der Waals surface area (Å²) in [7, 11) is 0. The summed E-state index contributed by atoms with van der Waals surface area (Å²) >= 11 is 1.02. The lowest BCUT2D eigenvalue weighted by Gasteiger charge is -2.11. The second kappa shape index (κ2) is 8.57. The third-order valence-corrected chi connectivity index (χ3v) is 4.83. The number of aromatic nitrogens is 1. The summed E-state index contributed by atoms with van der Waals surface area (Å²) in [4.78, 5) is 36.6. The number of halogens is 3. The van der Waals surface area contributed by atoms with Gasteiger partial charge in [0.25, 0.3) is 5.56 Å². The monoisotopic (exact) mass is 440 g/mol. The number of carbonyl (C=O) groups is 2. The van der Waals surface area contributed by atoms with E-state index in [1.807, 2.05) is 0 Å². The van der Waals surface area contributed by atoms with Crippen LogP contribution in [0, 0.1) is 0 Å². The number of carbonyl (C=O) groups excluding carboxylic acids is 2. The van der Waals surface area contributed by atoms with Crippen LogP contribution in [0.25, 0.3) is 11.3 Å². The highest BCUT2D eigenvalue weighted by atomic mass is 32.1. The van der Waals surface area contributed by atoms with Crippen LogP contribution >= 0.6 is 11.3 Å². The number of hydrogen-bond acceptors (Lipinski definition) is 6. The molecule has 11 heteroatoms. The first kappa shape index (κ1) is 21.4. The van der Waals surface area contributed by atoms with Gasteiger partial charge in [-0.25, -0.2) is 4.79 Å². The van der Waals surface area contributed by atoms with E-state index in [0.717, 1.165) is 17.4 Å². The van der Waals surface area contributed by atoms with Gasteiger partial charge >= 0.3 is 12.1 Å². The van der Waals surface area contributed by atoms with Crippen LogP contribution < -0.4 is 10.9 Å². The molecule has 0 saturated heterocycles. The molecule has 30 heavy (non-hydrogen) atoms. The molecule has 0 fully saturated rings. The summed E-state index contributed by atoms with van der Waals surface area (Å²) < 4.78 is 49.6. The van der Waals surface area contributed by atoms with E-state index in [4.69, 9.17) is 9.15 Å². The van der Waals surface area contributed by atoms with Gasteiger partial charge in [0.15, 0.2) is 0 Å². The molecule has 3 heterocycles. The molecule has 1 N–H and O–H groups in total. The van der Waals surface area contributed by atoms with Crippen molar-refractivity contribution < 1.29 is 31.9 Å². The van der Waals surface area contributed by atoms with Crippen LogP contribution in [0.3, 0.4) is 0 Å². The van der Waals surface area contributed by atoms with Crippen LogP contribution in [0.4, 0.5) is 18.2 Å². The second-order valence-electron chi connectivity index (χ2n) is 5.98. The maximum atomic E-state index is 12.9. The van der Waals surface area contributed by atoms with E-state index in [1.54, 1.807) is 24.4 Å². The number of alkyl halides is 3. The van der Waals surface area contributed by atoms with Gasteiger partial charge in [-0.3, -0.25) is 9.59 Å². The Kier molecular flexibility index (Phi) is 6.11. The van der Waals surface area contributed by atoms with E-state index in [0.29, 0.717) is 28.2 Å². The molecule has 0 atom stereocenters. The van der Waals surface area contributed by atoms with Crippen LogP contribution in [0.15, 0.2) is 51.3 Å². The maximum absolute atomic E-state index is 12.9. The van der Waals surface area contributed by atoms with Crippen molar-refractivity contribution in [3.05, 3.63) is 63.6 Å². The molecule has 0 aliphatic carbocycles. The number of hydrogen-bond donors (Lipinski definition) is 1. The minimum Gasteiger partial charge on any atom is -0.464 e. The normalized spacial score (nSPS) is 11.3. The lowest BCUT2D eigenvalue weighted by Crippen LogP contribution is -2.28. The van der Waals surface area contributed by atoms with Gasteiger partial charge in [0.2, 0.25) is 5.91 Å². The average molecular weight is 440 g/mol. The minimum absolute atomic E-state index is 0.0570. The molecule has 3 rings (SSSR count). The number of furan rings is 1. The Morgan fingerprint density at radius 3 is 2.67 bits per heavy atom. The molecule has 0 aliphatic heterocycles. The Bertz CT molecular complexity index is 1120. The quantitative estimate of drug-likeness (QED) is 0.585. The fraction of sp³-hybridized carbons (Fsp3) is 0.211. The molecule has 0 saturated carbocycles. The zero-order valence-corrected chi connectivity index (χ0v) is 16.3. The van der Waals surface area contributed by atoms with Gasteiger partial charge < -0.3 is 19.0 Å². The first-order chi connectivity index (χ1) is 14.2. The van der Waals surface area contributed by atoms with E-state index >= 15 is 0 Å². The second-order valence-corrected chi connectivity index (χ2v) is 6.86. The number of pyridine rings is 1. The van der Waals surface area contributed by atoms with Crippen LogP contribution in [0.2, 0.25) is 0 Å². The third-order valence-electron chi connectivity index (χ3n) is 3.93. The summed E-state index contributed by atoms with van der Waals surface area (Å²) in [6.07, 6.45) is -2.67. The molecule has 7 nitrogen and oxygen atoms in total. The van der Waals surface area contributed by atoms with Crippen molar-refractivity contribution in [2.75, 3.05) is 11.9 Å². The van der Waals surface area contributed by atoms with Gasteiger partial charge in [-0.05, 0) is 25.1 Å². The molecule has 0 radical (unpaired) electrons. The highest BCUT2D eigenvalue weighted by Crippen LogP contribution is 2.36. The zero-order valence-electron chi connectivity index (χ0n) is 15.5. The van der Waals surface area contributed by atoms with E-state index in [9.17, 15) is 27.6 Å². The summed E-state index contributed by atoms with van der Waals surface area (Å²) in [6, 6.07) is 4.63. The number of esters is 1. The van der Waals surface area contributed by atoms with Crippen molar-refractivity contribution in [1.29, 1.82) is 0 Å². The van der Waals surface area contributed by atoms with E-state index in [-0.39, 0.29) is 17.2 Å². The molecule has 1 amide bonds. The van der Waals surface area contributed by atoms with Gasteiger partial charge in [0, 0.05) is 23.2 Å².